The van der Waals surface area contributed by atoms with Crippen molar-refractivity contribution in [3.8, 4) is 0 Å². The lowest BCUT2D eigenvalue weighted by Crippen LogP contribution is -2.17. The largest absolute Gasteiger partial charge is 0.389 e. The van der Waals surface area contributed by atoms with Crippen molar-refractivity contribution in [3.63, 3.8) is 0 Å². The van der Waals surface area contributed by atoms with Gasteiger partial charge in [0.2, 0.25) is 0 Å². The molecule has 96 valence electrons. The molecule has 0 radical (unpaired) electrons. The standard InChI is InChI=1S/C11H12BrF4N/c12-9-6-8(2-3-10(9)13)7-17-5-1-4-11(14,15)16/h2-3,6,17H,1,4-5,7H2. The zero-order valence-electron chi connectivity index (χ0n) is 8.95. The molecule has 1 nitrogen and oxygen atoms in total. The van der Waals surface area contributed by atoms with Crippen LogP contribution in [0.2, 0.25) is 0 Å². The molecule has 1 aromatic rings. The summed E-state index contributed by atoms with van der Waals surface area (Å²) >= 11 is 3.04. The van der Waals surface area contributed by atoms with Gasteiger partial charge in [0.25, 0.3) is 0 Å². The summed E-state index contributed by atoms with van der Waals surface area (Å²) in [7, 11) is 0. The van der Waals surface area contributed by atoms with Gasteiger partial charge in [0.05, 0.1) is 4.47 Å². The van der Waals surface area contributed by atoms with Crippen LogP contribution in [0.4, 0.5) is 17.6 Å². The maximum absolute atomic E-state index is 12.9. The Labute approximate surface area is 105 Å². The Morgan fingerprint density at radius 2 is 1.94 bits per heavy atom. The lowest BCUT2D eigenvalue weighted by atomic mass is 10.2. The van der Waals surface area contributed by atoms with Crippen molar-refractivity contribution in [1.29, 1.82) is 0 Å². The molecule has 0 aliphatic heterocycles. The van der Waals surface area contributed by atoms with Crippen molar-refractivity contribution in [2.75, 3.05) is 6.54 Å². The molecular formula is C11H12BrF4N. The smallest absolute Gasteiger partial charge is 0.313 e. The maximum atomic E-state index is 12.9. The number of alkyl halides is 3. The molecule has 0 spiro atoms. The highest BCUT2D eigenvalue weighted by Crippen LogP contribution is 2.21. The van der Waals surface area contributed by atoms with Crippen LogP contribution < -0.4 is 5.32 Å². The van der Waals surface area contributed by atoms with Gasteiger partial charge < -0.3 is 5.32 Å². The van der Waals surface area contributed by atoms with Gasteiger partial charge >= 0.3 is 6.18 Å². The van der Waals surface area contributed by atoms with Crippen LogP contribution >= 0.6 is 15.9 Å². The van der Waals surface area contributed by atoms with E-state index >= 15 is 0 Å². The fourth-order valence-corrected chi connectivity index (χ4v) is 1.72. The molecule has 1 rings (SSSR count). The van der Waals surface area contributed by atoms with Gasteiger partial charge in [-0.15, -0.1) is 0 Å². The Kier molecular flexibility index (Phi) is 5.39. The third-order valence-corrected chi connectivity index (χ3v) is 2.73. The van der Waals surface area contributed by atoms with E-state index in [1.165, 1.54) is 6.07 Å². The quantitative estimate of drug-likeness (QED) is 0.639. The average molecular weight is 314 g/mol. The molecule has 0 aliphatic rings. The minimum absolute atomic E-state index is 0.0475. The highest BCUT2D eigenvalue weighted by molar-refractivity contribution is 9.10. The van der Waals surface area contributed by atoms with Crippen molar-refractivity contribution in [2.24, 2.45) is 0 Å². The normalized spacial score (nSPS) is 11.8. The van der Waals surface area contributed by atoms with Crippen LogP contribution in [0.25, 0.3) is 0 Å². The third kappa shape index (κ3) is 6.02. The summed E-state index contributed by atoms with van der Waals surface area (Å²) in [4.78, 5) is 0. The summed E-state index contributed by atoms with van der Waals surface area (Å²) in [5, 5.41) is 2.88. The molecule has 0 atom stereocenters. The van der Waals surface area contributed by atoms with Crippen molar-refractivity contribution >= 4 is 15.9 Å². The molecule has 6 heteroatoms. The first-order chi connectivity index (χ1) is 7.88. The molecule has 1 aromatic carbocycles. The first-order valence-electron chi connectivity index (χ1n) is 5.10. The SMILES string of the molecule is Fc1ccc(CNCCCC(F)(F)F)cc1Br. The van der Waals surface area contributed by atoms with Crippen LogP contribution in [0, 0.1) is 5.82 Å². The summed E-state index contributed by atoms with van der Waals surface area (Å²) in [6, 6.07) is 4.51. The van der Waals surface area contributed by atoms with Crippen LogP contribution in [0.15, 0.2) is 22.7 Å². The van der Waals surface area contributed by atoms with Gasteiger partial charge in [0.15, 0.2) is 0 Å². The molecule has 0 saturated heterocycles. The van der Waals surface area contributed by atoms with E-state index in [-0.39, 0.29) is 18.8 Å². The molecule has 0 heterocycles. The van der Waals surface area contributed by atoms with Crippen LogP contribution in [0.1, 0.15) is 18.4 Å². The van der Waals surface area contributed by atoms with Gasteiger partial charge in [-0.25, -0.2) is 4.39 Å². The van der Waals surface area contributed by atoms with E-state index in [4.69, 9.17) is 0 Å². The summed E-state index contributed by atoms with van der Waals surface area (Å²) in [5.41, 5.74) is 0.824. The summed E-state index contributed by atoms with van der Waals surface area (Å²) in [5.74, 6) is -0.356. The lowest BCUT2D eigenvalue weighted by molar-refractivity contribution is -0.135. The summed E-state index contributed by atoms with van der Waals surface area (Å²) in [6.45, 7) is 0.714. The second-order valence-electron chi connectivity index (χ2n) is 3.64. The first kappa shape index (κ1) is 14.4. The van der Waals surface area contributed by atoms with Gasteiger partial charge in [-0.2, -0.15) is 13.2 Å². The molecule has 0 fully saturated rings. The Balaban J connectivity index is 2.25. The highest BCUT2D eigenvalue weighted by Gasteiger charge is 2.25. The molecule has 0 amide bonds. The zero-order valence-corrected chi connectivity index (χ0v) is 10.5. The molecule has 1 N–H and O–H groups in total. The fraction of sp³-hybridized carbons (Fsp3) is 0.455. The Bertz CT molecular complexity index is 365. The second kappa shape index (κ2) is 6.35. The summed E-state index contributed by atoms with van der Waals surface area (Å²) < 4.78 is 48.7. The van der Waals surface area contributed by atoms with Crippen molar-refractivity contribution in [2.45, 2.75) is 25.6 Å². The predicted molar refractivity (Wildman–Crippen MR) is 61.1 cm³/mol. The Hall–Kier alpha value is -0.620. The fourth-order valence-electron chi connectivity index (χ4n) is 1.30. The van der Waals surface area contributed by atoms with Crippen molar-refractivity contribution < 1.29 is 17.6 Å². The minimum Gasteiger partial charge on any atom is -0.313 e. The monoisotopic (exact) mass is 313 g/mol. The number of halogens is 5. The lowest BCUT2D eigenvalue weighted by Gasteiger charge is -2.07. The van der Waals surface area contributed by atoms with E-state index in [9.17, 15) is 17.6 Å². The van der Waals surface area contributed by atoms with Crippen molar-refractivity contribution in [1.82, 2.24) is 5.32 Å². The number of nitrogens with one attached hydrogen (secondary N) is 1. The van der Waals surface area contributed by atoms with Crippen LogP contribution in [0.3, 0.4) is 0 Å². The summed E-state index contributed by atoms with van der Waals surface area (Å²) in [6.07, 6.45) is -4.83. The van der Waals surface area contributed by atoms with Gasteiger partial charge in [0, 0.05) is 13.0 Å². The van der Waals surface area contributed by atoms with E-state index in [1.54, 1.807) is 12.1 Å². The third-order valence-electron chi connectivity index (χ3n) is 2.13. The van der Waals surface area contributed by atoms with Crippen LogP contribution in [-0.2, 0) is 6.54 Å². The van der Waals surface area contributed by atoms with Crippen LogP contribution in [-0.4, -0.2) is 12.7 Å². The molecule has 0 bridgehead atoms. The van der Waals surface area contributed by atoms with Gasteiger partial charge in [-0.3, -0.25) is 0 Å². The van der Waals surface area contributed by atoms with Gasteiger partial charge in [-0.05, 0) is 46.6 Å². The highest BCUT2D eigenvalue weighted by atomic mass is 79.9. The van der Waals surface area contributed by atoms with Gasteiger partial charge in [0.1, 0.15) is 5.82 Å². The zero-order chi connectivity index (χ0) is 12.9. The number of benzene rings is 1. The van der Waals surface area contributed by atoms with E-state index in [2.05, 4.69) is 21.2 Å². The van der Waals surface area contributed by atoms with E-state index in [0.29, 0.717) is 11.0 Å². The van der Waals surface area contributed by atoms with E-state index in [0.717, 1.165) is 5.56 Å². The molecule has 0 saturated carbocycles. The van der Waals surface area contributed by atoms with Crippen LogP contribution in [0.5, 0.6) is 0 Å². The number of hydrogen-bond donors (Lipinski definition) is 1. The van der Waals surface area contributed by atoms with Crippen molar-refractivity contribution in [3.05, 3.63) is 34.1 Å². The Morgan fingerprint density at radius 1 is 1.24 bits per heavy atom. The molecule has 0 aliphatic carbocycles. The molecule has 17 heavy (non-hydrogen) atoms. The molecule has 0 unspecified atom stereocenters. The van der Waals surface area contributed by atoms with E-state index < -0.39 is 12.6 Å². The molecular weight excluding hydrogens is 302 g/mol. The maximum Gasteiger partial charge on any atom is 0.389 e. The first-order valence-corrected chi connectivity index (χ1v) is 5.89. The Morgan fingerprint density at radius 3 is 2.53 bits per heavy atom. The topological polar surface area (TPSA) is 12.0 Å². The number of hydrogen-bond acceptors (Lipinski definition) is 1. The van der Waals surface area contributed by atoms with E-state index in [1.807, 2.05) is 0 Å². The van der Waals surface area contributed by atoms with Gasteiger partial charge in [-0.1, -0.05) is 6.07 Å². The molecule has 0 aromatic heterocycles. The minimum atomic E-state index is -4.10. The second-order valence-corrected chi connectivity index (χ2v) is 4.50. The predicted octanol–water partition coefficient (Wildman–Crippen LogP) is 4.02. The average Bonchev–Trinajstić information content (AvgIpc) is 2.21. The number of rotatable bonds is 5.